The minimum absolute atomic E-state index is 0.120. The molecule has 0 bridgehead atoms. The maximum Gasteiger partial charge on any atom is 0.249 e. The molecule has 0 spiro atoms. The molecular formula is C19H19N7O. The van der Waals surface area contributed by atoms with Crippen LogP contribution in [-0.4, -0.2) is 36.8 Å². The van der Waals surface area contributed by atoms with Gasteiger partial charge in [-0.2, -0.15) is 15.5 Å². The highest BCUT2D eigenvalue weighted by atomic mass is 16.2. The van der Waals surface area contributed by atoms with E-state index in [1.165, 1.54) is 0 Å². The van der Waals surface area contributed by atoms with Gasteiger partial charge in [0.2, 0.25) is 5.91 Å². The number of carbonyl (C=O) groups is 1. The fourth-order valence-electron chi connectivity index (χ4n) is 4.11. The van der Waals surface area contributed by atoms with Gasteiger partial charge in [0, 0.05) is 25.4 Å². The van der Waals surface area contributed by atoms with Gasteiger partial charge in [-0.3, -0.25) is 14.4 Å². The van der Waals surface area contributed by atoms with Gasteiger partial charge in [-0.15, -0.1) is 0 Å². The van der Waals surface area contributed by atoms with Crippen LogP contribution in [0, 0.1) is 29.6 Å². The van der Waals surface area contributed by atoms with E-state index in [0.29, 0.717) is 24.5 Å². The lowest BCUT2D eigenvalue weighted by Crippen LogP contribution is -2.36. The number of amides is 1. The predicted molar refractivity (Wildman–Crippen MR) is 97.7 cm³/mol. The molecule has 2 fully saturated rings. The summed E-state index contributed by atoms with van der Waals surface area (Å²) in [7, 11) is 1.85. The molecule has 136 valence electrons. The van der Waals surface area contributed by atoms with Crippen molar-refractivity contribution in [2.45, 2.75) is 26.2 Å². The smallest absolute Gasteiger partial charge is 0.249 e. The summed E-state index contributed by atoms with van der Waals surface area (Å²) in [5, 5.41) is 18.4. The van der Waals surface area contributed by atoms with Crippen LogP contribution in [0.1, 0.15) is 24.8 Å². The predicted octanol–water partition coefficient (Wildman–Crippen LogP) is 2.09. The lowest BCUT2D eigenvalue weighted by molar-refractivity contribution is -0.123. The second-order valence-electron chi connectivity index (χ2n) is 7.54. The number of hydrogen-bond donors (Lipinski definition) is 0. The van der Waals surface area contributed by atoms with Crippen molar-refractivity contribution in [2.75, 3.05) is 11.4 Å². The van der Waals surface area contributed by atoms with E-state index in [4.69, 9.17) is 4.98 Å². The van der Waals surface area contributed by atoms with Crippen LogP contribution in [0.2, 0.25) is 0 Å². The number of carbonyl (C=O) groups excluding carboxylic acids is 1. The van der Waals surface area contributed by atoms with Crippen molar-refractivity contribution in [2.24, 2.45) is 18.4 Å². The van der Waals surface area contributed by atoms with E-state index >= 15 is 0 Å². The third kappa shape index (κ3) is 2.21. The molecule has 4 heterocycles. The summed E-state index contributed by atoms with van der Waals surface area (Å²) in [5.74, 6) is 0.642. The summed E-state index contributed by atoms with van der Waals surface area (Å²) in [6.45, 7) is 2.46. The van der Waals surface area contributed by atoms with E-state index in [9.17, 15) is 10.1 Å². The Balaban J connectivity index is 1.67. The first-order valence-electron chi connectivity index (χ1n) is 9.11. The standard InChI is InChI=1S/C19H19N7O/c1-12-7-22-26-10-15(13-8-21-24(2)9-13)23-17(16(12)26)25-6-5-19(11-20,18(25)27)14-3-4-14/h7-10,14H,3-6H2,1-2H3/t19-/m1/s1. The molecule has 1 aliphatic carbocycles. The van der Waals surface area contributed by atoms with Crippen LogP contribution in [0.25, 0.3) is 16.8 Å². The van der Waals surface area contributed by atoms with Crippen molar-refractivity contribution in [3.8, 4) is 17.3 Å². The quantitative estimate of drug-likeness (QED) is 0.712. The van der Waals surface area contributed by atoms with Crippen LogP contribution < -0.4 is 4.90 Å². The molecule has 1 saturated carbocycles. The zero-order valence-corrected chi connectivity index (χ0v) is 15.3. The summed E-state index contributed by atoms with van der Waals surface area (Å²) in [5.41, 5.74) is 2.41. The lowest BCUT2D eigenvalue weighted by atomic mass is 9.83. The van der Waals surface area contributed by atoms with E-state index < -0.39 is 5.41 Å². The Kier molecular flexibility index (Phi) is 3.20. The molecule has 3 aromatic heterocycles. The van der Waals surface area contributed by atoms with E-state index in [0.717, 1.165) is 29.5 Å². The number of anilines is 1. The second-order valence-corrected chi connectivity index (χ2v) is 7.54. The van der Waals surface area contributed by atoms with Crippen molar-refractivity contribution in [1.82, 2.24) is 24.4 Å². The molecule has 8 heteroatoms. The monoisotopic (exact) mass is 361 g/mol. The highest BCUT2D eigenvalue weighted by Crippen LogP contribution is 2.52. The molecule has 5 rings (SSSR count). The maximum absolute atomic E-state index is 13.3. The third-order valence-electron chi connectivity index (χ3n) is 5.75. The molecule has 0 aromatic carbocycles. The highest BCUT2D eigenvalue weighted by molar-refractivity contribution is 6.04. The lowest BCUT2D eigenvalue weighted by Gasteiger charge is -2.21. The van der Waals surface area contributed by atoms with Crippen LogP contribution in [0.15, 0.2) is 24.8 Å². The Hall–Kier alpha value is -3.21. The molecule has 3 aromatic rings. The van der Waals surface area contributed by atoms with Crippen molar-refractivity contribution in [3.05, 3.63) is 30.4 Å². The third-order valence-corrected chi connectivity index (χ3v) is 5.75. The van der Waals surface area contributed by atoms with Crippen LogP contribution in [0.5, 0.6) is 0 Å². The number of rotatable bonds is 3. The molecule has 27 heavy (non-hydrogen) atoms. The maximum atomic E-state index is 13.3. The van der Waals surface area contributed by atoms with Gasteiger partial charge in [-0.25, -0.2) is 9.50 Å². The summed E-state index contributed by atoms with van der Waals surface area (Å²) >= 11 is 0. The van der Waals surface area contributed by atoms with Crippen LogP contribution >= 0.6 is 0 Å². The largest absolute Gasteiger partial charge is 0.294 e. The van der Waals surface area contributed by atoms with E-state index in [2.05, 4.69) is 16.3 Å². The number of nitriles is 1. The minimum atomic E-state index is -0.892. The Bertz CT molecular complexity index is 1120. The van der Waals surface area contributed by atoms with Crippen molar-refractivity contribution in [3.63, 3.8) is 0 Å². The molecule has 1 aliphatic heterocycles. The fourth-order valence-corrected chi connectivity index (χ4v) is 4.11. The van der Waals surface area contributed by atoms with Crippen LogP contribution in [0.3, 0.4) is 0 Å². The Labute approximate surface area is 156 Å². The highest BCUT2D eigenvalue weighted by Gasteiger charge is 2.57. The van der Waals surface area contributed by atoms with Gasteiger partial charge in [0.05, 0.1) is 30.4 Å². The normalized spacial score (nSPS) is 22.6. The molecule has 0 radical (unpaired) electrons. The van der Waals surface area contributed by atoms with Crippen molar-refractivity contribution in [1.29, 1.82) is 5.26 Å². The first-order valence-corrected chi connectivity index (χ1v) is 9.11. The van der Waals surface area contributed by atoms with Gasteiger partial charge in [-0.1, -0.05) is 0 Å². The Morgan fingerprint density at radius 1 is 1.26 bits per heavy atom. The zero-order chi connectivity index (χ0) is 18.8. The average Bonchev–Trinajstić information content (AvgIpc) is 3.19. The number of aryl methyl sites for hydroxylation is 2. The molecule has 8 nitrogen and oxygen atoms in total. The Morgan fingerprint density at radius 3 is 2.74 bits per heavy atom. The average molecular weight is 361 g/mol. The molecule has 0 unspecified atom stereocenters. The van der Waals surface area contributed by atoms with Crippen LogP contribution in [0.4, 0.5) is 5.82 Å². The van der Waals surface area contributed by atoms with Gasteiger partial charge in [-0.05, 0) is 37.7 Å². The molecule has 1 amide bonds. The Morgan fingerprint density at radius 2 is 2.07 bits per heavy atom. The summed E-state index contributed by atoms with van der Waals surface area (Å²) < 4.78 is 3.47. The zero-order valence-electron chi connectivity index (χ0n) is 15.3. The summed E-state index contributed by atoms with van der Waals surface area (Å²) in [4.78, 5) is 19.8. The van der Waals surface area contributed by atoms with Crippen molar-refractivity contribution >= 4 is 17.2 Å². The summed E-state index contributed by atoms with van der Waals surface area (Å²) in [6, 6.07) is 2.34. The topological polar surface area (TPSA) is 92.1 Å². The van der Waals surface area contributed by atoms with Gasteiger partial charge >= 0.3 is 0 Å². The number of fused-ring (bicyclic) bond motifs is 1. The van der Waals surface area contributed by atoms with Gasteiger partial charge in [0.1, 0.15) is 10.9 Å². The van der Waals surface area contributed by atoms with E-state index in [1.54, 1.807) is 26.5 Å². The van der Waals surface area contributed by atoms with E-state index in [1.807, 2.05) is 26.4 Å². The first kappa shape index (κ1) is 16.0. The van der Waals surface area contributed by atoms with Crippen LogP contribution in [-0.2, 0) is 11.8 Å². The molecule has 1 atom stereocenters. The molecule has 2 aliphatic rings. The van der Waals surface area contributed by atoms with Crippen molar-refractivity contribution < 1.29 is 4.79 Å². The SMILES string of the molecule is Cc1cnn2cc(-c3cnn(C)c3)nc(N3CC[C@@](C#N)(C4CC4)C3=O)c12. The molecular weight excluding hydrogens is 342 g/mol. The number of hydrogen-bond acceptors (Lipinski definition) is 5. The van der Waals surface area contributed by atoms with Gasteiger partial charge in [0.15, 0.2) is 5.82 Å². The number of nitrogens with zero attached hydrogens (tertiary/aromatic N) is 7. The second kappa shape index (κ2) is 5.39. The molecule has 0 N–H and O–H groups in total. The summed E-state index contributed by atoms with van der Waals surface area (Å²) in [6.07, 6.45) is 9.71. The minimum Gasteiger partial charge on any atom is -0.294 e. The van der Waals surface area contributed by atoms with Gasteiger partial charge in [0.25, 0.3) is 0 Å². The molecule has 1 saturated heterocycles. The first-order chi connectivity index (χ1) is 13.0. The fraction of sp³-hybridized carbons (Fsp3) is 0.421. The van der Waals surface area contributed by atoms with Gasteiger partial charge < -0.3 is 0 Å². The van der Waals surface area contributed by atoms with E-state index in [-0.39, 0.29) is 11.8 Å². The number of aromatic nitrogens is 5.